The normalized spacial score (nSPS) is 9.41. The second-order valence-corrected chi connectivity index (χ2v) is 3.94. The summed E-state index contributed by atoms with van der Waals surface area (Å²) in [6.07, 6.45) is 1.11. The molecule has 17 heavy (non-hydrogen) atoms. The number of amides is 1. The lowest BCUT2D eigenvalue weighted by molar-refractivity contribution is 0.161. The van der Waals surface area contributed by atoms with E-state index < -0.39 is 6.09 Å². The van der Waals surface area contributed by atoms with E-state index in [1.54, 1.807) is 0 Å². The molecule has 1 rings (SSSR count). The van der Waals surface area contributed by atoms with Gasteiger partial charge in [-0.25, -0.2) is 4.79 Å². The van der Waals surface area contributed by atoms with Gasteiger partial charge in [0.2, 0.25) is 0 Å². The van der Waals surface area contributed by atoms with Crippen molar-refractivity contribution in [2.45, 2.75) is 4.90 Å². The molecule has 0 aliphatic carbocycles. The van der Waals surface area contributed by atoms with Gasteiger partial charge in [-0.15, -0.1) is 11.8 Å². The highest BCUT2D eigenvalue weighted by molar-refractivity contribution is 7.98. The van der Waals surface area contributed by atoms with Gasteiger partial charge in [-0.05, 0) is 18.4 Å². The first-order valence-electron chi connectivity index (χ1n) is 4.92. The average molecular weight is 251 g/mol. The van der Waals surface area contributed by atoms with E-state index in [4.69, 9.17) is 11.0 Å². The minimum Gasteiger partial charge on any atom is -0.448 e. The highest BCUT2D eigenvalue weighted by atomic mass is 32.2. The van der Waals surface area contributed by atoms with Gasteiger partial charge in [0.1, 0.15) is 12.7 Å². The Morgan fingerprint density at radius 1 is 1.65 bits per heavy atom. The van der Waals surface area contributed by atoms with Crippen molar-refractivity contribution in [3.05, 3.63) is 23.8 Å². The molecule has 0 atom stereocenters. The van der Waals surface area contributed by atoms with E-state index in [-0.39, 0.29) is 6.61 Å². The van der Waals surface area contributed by atoms with Gasteiger partial charge in [-0.1, -0.05) is 6.07 Å². The van der Waals surface area contributed by atoms with Crippen molar-refractivity contribution in [3.8, 4) is 6.07 Å². The van der Waals surface area contributed by atoms with Crippen LogP contribution in [0.1, 0.15) is 5.56 Å². The fourth-order valence-electron chi connectivity index (χ4n) is 1.30. The minimum absolute atomic E-state index is 0.170. The number of carbonyl (C=O) groups excluding carboxylic acids is 1. The third-order valence-electron chi connectivity index (χ3n) is 2.02. The molecule has 0 fully saturated rings. The van der Waals surface area contributed by atoms with Gasteiger partial charge in [-0.2, -0.15) is 5.26 Å². The summed E-state index contributed by atoms with van der Waals surface area (Å²) >= 11 is 1.51. The smallest absolute Gasteiger partial charge is 0.404 e. The highest BCUT2D eigenvalue weighted by Gasteiger charge is 2.06. The molecule has 0 heterocycles. The van der Waals surface area contributed by atoms with Gasteiger partial charge in [0.05, 0.1) is 11.3 Å². The van der Waals surface area contributed by atoms with Gasteiger partial charge in [0, 0.05) is 11.4 Å². The predicted molar refractivity (Wildman–Crippen MR) is 67.0 cm³/mol. The number of hydrogen-bond acceptors (Lipinski definition) is 5. The quantitative estimate of drug-likeness (QED) is 0.615. The Labute approximate surface area is 104 Å². The van der Waals surface area contributed by atoms with Gasteiger partial charge in [0.15, 0.2) is 0 Å². The van der Waals surface area contributed by atoms with Gasteiger partial charge in [0.25, 0.3) is 0 Å². The number of primary amides is 1. The van der Waals surface area contributed by atoms with Crippen LogP contribution in [0.15, 0.2) is 23.1 Å². The van der Waals surface area contributed by atoms with Crippen molar-refractivity contribution < 1.29 is 9.53 Å². The number of thioether (sulfide) groups is 1. The molecule has 3 N–H and O–H groups in total. The Kier molecular flexibility index (Phi) is 5.17. The van der Waals surface area contributed by atoms with Crippen molar-refractivity contribution in [2.24, 2.45) is 5.73 Å². The zero-order valence-corrected chi connectivity index (χ0v) is 10.2. The van der Waals surface area contributed by atoms with Crippen LogP contribution < -0.4 is 11.1 Å². The molecule has 1 aromatic rings. The van der Waals surface area contributed by atoms with Crippen molar-refractivity contribution in [2.75, 3.05) is 24.7 Å². The molecule has 0 aliphatic rings. The van der Waals surface area contributed by atoms with Crippen molar-refractivity contribution >= 4 is 23.5 Å². The van der Waals surface area contributed by atoms with E-state index in [0.717, 1.165) is 10.6 Å². The van der Waals surface area contributed by atoms with Crippen LogP contribution in [0.25, 0.3) is 0 Å². The highest BCUT2D eigenvalue weighted by Crippen LogP contribution is 2.25. The number of nitrogens with two attached hydrogens (primary N) is 1. The molecule has 0 aromatic heterocycles. The maximum absolute atomic E-state index is 10.4. The SMILES string of the molecule is CSc1cccc(NCCOC(N)=O)c1C#N. The first kappa shape index (κ1) is 13.2. The molecule has 0 aliphatic heterocycles. The van der Waals surface area contributed by atoms with Crippen LogP contribution in [-0.4, -0.2) is 25.5 Å². The van der Waals surface area contributed by atoms with Crippen LogP contribution in [0.3, 0.4) is 0 Å². The maximum Gasteiger partial charge on any atom is 0.404 e. The zero-order chi connectivity index (χ0) is 12.7. The summed E-state index contributed by atoms with van der Waals surface area (Å²) in [6, 6.07) is 7.71. The third kappa shape index (κ3) is 3.89. The maximum atomic E-state index is 10.4. The van der Waals surface area contributed by atoms with Crippen LogP contribution in [-0.2, 0) is 4.74 Å². The van der Waals surface area contributed by atoms with Crippen LogP contribution in [0.4, 0.5) is 10.5 Å². The zero-order valence-electron chi connectivity index (χ0n) is 9.40. The van der Waals surface area contributed by atoms with E-state index >= 15 is 0 Å². The number of ether oxygens (including phenoxy) is 1. The van der Waals surface area contributed by atoms with Crippen LogP contribution in [0.5, 0.6) is 0 Å². The molecule has 0 radical (unpaired) electrons. The van der Waals surface area contributed by atoms with Crippen molar-refractivity contribution in [1.82, 2.24) is 0 Å². The molecule has 1 amide bonds. The first-order chi connectivity index (χ1) is 8.19. The van der Waals surface area contributed by atoms with E-state index in [9.17, 15) is 4.79 Å². The summed E-state index contributed by atoms with van der Waals surface area (Å²) in [4.78, 5) is 11.3. The standard InChI is InChI=1S/C11H13N3O2S/c1-17-10-4-2-3-9(8(10)7-12)14-5-6-16-11(13)15/h2-4,14H,5-6H2,1H3,(H2,13,15). The number of carbonyl (C=O) groups is 1. The molecule has 0 bridgehead atoms. The number of nitrogens with one attached hydrogen (secondary N) is 1. The Morgan fingerprint density at radius 2 is 2.41 bits per heavy atom. The minimum atomic E-state index is -0.801. The number of nitrogens with zero attached hydrogens (tertiary/aromatic N) is 1. The fraction of sp³-hybridized carbons (Fsp3) is 0.273. The number of benzene rings is 1. The second-order valence-electron chi connectivity index (χ2n) is 3.09. The van der Waals surface area contributed by atoms with Crippen molar-refractivity contribution in [1.29, 1.82) is 5.26 Å². The molecule has 1 aromatic carbocycles. The monoisotopic (exact) mass is 251 g/mol. The summed E-state index contributed by atoms with van der Waals surface area (Å²) in [6.45, 7) is 0.582. The lowest BCUT2D eigenvalue weighted by Crippen LogP contribution is -2.18. The van der Waals surface area contributed by atoms with Gasteiger partial charge in [-0.3, -0.25) is 0 Å². The van der Waals surface area contributed by atoms with E-state index in [0.29, 0.717) is 12.1 Å². The van der Waals surface area contributed by atoms with Gasteiger partial charge >= 0.3 is 6.09 Å². The topological polar surface area (TPSA) is 88.1 Å². The summed E-state index contributed by atoms with van der Waals surface area (Å²) in [7, 11) is 0. The van der Waals surface area contributed by atoms with Gasteiger partial charge < -0.3 is 15.8 Å². The lowest BCUT2D eigenvalue weighted by Gasteiger charge is -2.10. The molecule has 90 valence electrons. The fourth-order valence-corrected chi connectivity index (χ4v) is 1.88. The molecule has 0 spiro atoms. The average Bonchev–Trinajstić information content (AvgIpc) is 2.33. The summed E-state index contributed by atoms with van der Waals surface area (Å²) in [5, 5.41) is 12.1. The first-order valence-corrected chi connectivity index (χ1v) is 6.14. The number of rotatable bonds is 5. The molecule has 5 nitrogen and oxygen atoms in total. The Balaban J connectivity index is 2.65. The molecule has 6 heteroatoms. The van der Waals surface area contributed by atoms with E-state index in [1.807, 2.05) is 24.5 Å². The predicted octanol–water partition coefficient (Wildman–Crippen LogP) is 1.79. The third-order valence-corrected chi connectivity index (χ3v) is 2.80. The largest absolute Gasteiger partial charge is 0.448 e. The number of nitriles is 1. The number of anilines is 1. The second kappa shape index (κ2) is 6.66. The summed E-state index contributed by atoms with van der Waals surface area (Å²) in [5.41, 5.74) is 6.15. The Bertz CT molecular complexity index is 443. The van der Waals surface area contributed by atoms with E-state index in [1.165, 1.54) is 11.8 Å². The lowest BCUT2D eigenvalue weighted by atomic mass is 10.2. The molecule has 0 saturated carbocycles. The van der Waals surface area contributed by atoms with Crippen LogP contribution in [0.2, 0.25) is 0 Å². The Morgan fingerprint density at radius 3 is 3.00 bits per heavy atom. The van der Waals surface area contributed by atoms with Crippen LogP contribution in [0, 0.1) is 11.3 Å². The summed E-state index contributed by atoms with van der Waals surface area (Å²) in [5.74, 6) is 0. The molecule has 0 unspecified atom stereocenters. The van der Waals surface area contributed by atoms with Crippen LogP contribution >= 0.6 is 11.8 Å². The molecular formula is C11H13N3O2S. The molecular weight excluding hydrogens is 238 g/mol. The van der Waals surface area contributed by atoms with E-state index in [2.05, 4.69) is 16.1 Å². The van der Waals surface area contributed by atoms with Crippen molar-refractivity contribution in [3.63, 3.8) is 0 Å². The summed E-state index contributed by atoms with van der Waals surface area (Å²) < 4.78 is 4.58. The molecule has 0 saturated heterocycles. The number of hydrogen-bond donors (Lipinski definition) is 2. The Hall–Kier alpha value is -1.87.